The van der Waals surface area contributed by atoms with E-state index >= 15 is 0 Å². The average Bonchev–Trinajstić information content (AvgIpc) is 4.22. The number of aromatic hydroxyl groups is 2. The molecule has 424 valence electrons. The molecule has 2 aromatic carbocycles. The number of ether oxygens (including phenoxy) is 8. The molecule has 0 spiro atoms. The van der Waals surface area contributed by atoms with Crippen LogP contribution in [0.3, 0.4) is 0 Å². The Morgan fingerprint density at radius 3 is 1.39 bits per heavy atom. The van der Waals surface area contributed by atoms with Crippen molar-refractivity contribution in [3.63, 3.8) is 0 Å². The Hall–Kier alpha value is -8.46. The van der Waals surface area contributed by atoms with E-state index in [0.29, 0.717) is 11.4 Å². The van der Waals surface area contributed by atoms with E-state index in [9.17, 15) is 49.2 Å². The number of nitrogens with one attached hydrogen (secondary N) is 5. The van der Waals surface area contributed by atoms with Crippen LogP contribution in [-0.4, -0.2) is 134 Å². The van der Waals surface area contributed by atoms with Crippen molar-refractivity contribution < 1.29 is 86.3 Å². The summed E-state index contributed by atoms with van der Waals surface area (Å²) in [7, 11) is 2.76. The van der Waals surface area contributed by atoms with Crippen molar-refractivity contribution in [2.24, 2.45) is 0 Å². The Morgan fingerprint density at radius 2 is 1.00 bits per heavy atom. The van der Waals surface area contributed by atoms with Gasteiger partial charge in [0.15, 0.2) is 47.3 Å². The van der Waals surface area contributed by atoms with Crippen molar-refractivity contribution in [1.29, 1.82) is 0 Å². The first kappa shape index (κ1) is 56.3. The molecule has 8 atom stereocenters. The second kappa shape index (κ2) is 21.3. The van der Waals surface area contributed by atoms with E-state index in [-0.39, 0.29) is 72.8 Å². The van der Waals surface area contributed by atoms with Gasteiger partial charge in [-0.15, -0.1) is 0 Å². The molecule has 2 fully saturated rings. The third kappa shape index (κ3) is 10.2. The summed E-state index contributed by atoms with van der Waals surface area (Å²) < 4.78 is 58.3. The van der Waals surface area contributed by atoms with Crippen molar-refractivity contribution in [3.8, 4) is 23.0 Å². The topological polar surface area (TPSA) is 355 Å². The molecule has 5 aromatic heterocycles. The number of anilines is 2. The molecule has 0 aliphatic carbocycles. The van der Waals surface area contributed by atoms with Gasteiger partial charge in [0.05, 0.1) is 27.5 Å². The zero-order chi connectivity index (χ0) is 58.0. The smallest absolute Gasteiger partial charge is 0.364 e. The number of aromatic amines is 3. The van der Waals surface area contributed by atoms with Crippen molar-refractivity contribution in [2.45, 2.75) is 123 Å². The number of esters is 2. The Morgan fingerprint density at radius 1 is 0.588 bits per heavy atom. The van der Waals surface area contributed by atoms with E-state index in [1.807, 2.05) is 0 Å². The lowest BCUT2D eigenvalue weighted by molar-refractivity contribution is -0.305. The number of hydrogen-bond acceptors (Lipinski definition) is 20. The van der Waals surface area contributed by atoms with Crippen molar-refractivity contribution in [2.75, 3.05) is 24.9 Å². The van der Waals surface area contributed by atoms with Crippen molar-refractivity contribution in [1.82, 2.24) is 15.0 Å². The SMILES string of the molecule is CO[C@H]1[C@H](OC(=O)c2ccc(C)[nH]2)[C@H](O)[C@H](Oc2ccc3c(O)c(NC(=O)c4c[nH]c(C(=O)Nc5c(O)c6ccc(O[C@@H]7OC(C)(C)[C@@H](OC)[C@H](OC(=O)c8ccc(C)[nH]8)[C@@H]7O)c(C)c6oc5=O)c4C)c(=O)oc3c2C)OC1(C)C. The van der Waals surface area contributed by atoms with Gasteiger partial charge in [-0.2, -0.15) is 0 Å². The zero-order valence-electron chi connectivity index (χ0n) is 45.1. The van der Waals surface area contributed by atoms with Crippen LogP contribution >= 0.6 is 0 Å². The van der Waals surface area contributed by atoms with Gasteiger partial charge in [0.1, 0.15) is 52.0 Å². The number of methoxy groups -OCH3 is 2. The molecular weight excluding hydrogens is 1050 g/mol. The maximum Gasteiger partial charge on any atom is 0.364 e. The summed E-state index contributed by atoms with van der Waals surface area (Å²) in [6.07, 6.45) is -9.34. The normalized spacial score (nSPS) is 22.4. The fourth-order valence-electron chi connectivity index (χ4n) is 10.0. The highest BCUT2D eigenvalue weighted by molar-refractivity contribution is 6.12. The second-order valence-electron chi connectivity index (χ2n) is 20.5. The number of rotatable bonds is 14. The van der Waals surface area contributed by atoms with Crippen LogP contribution in [0.5, 0.6) is 23.0 Å². The number of benzene rings is 2. The minimum absolute atomic E-state index is 0.0247. The number of amides is 2. The largest absolute Gasteiger partial charge is 0.505 e. The number of carbonyl (C=O) groups excluding carboxylic acids is 4. The molecule has 80 heavy (non-hydrogen) atoms. The Labute approximate surface area is 454 Å². The van der Waals surface area contributed by atoms with Crippen LogP contribution in [0.15, 0.2) is 73.2 Å². The average molecular weight is 1110 g/mol. The minimum Gasteiger partial charge on any atom is -0.505 e. The maximum atomic E-state index is 13.7. The quantitative estimate of drug-likeness (QED) is 0.0474. The lowest BCUT2D eigenvalue weighted by Crippen LogP contribution is -2.65. The molecule has 2 aliphatic heterocycles. The number of hydrogen-bond donors (Lipinski definition) is 9. The molecule has 7 aromatic rings. The summed E-state index contributed by atoms with van der Waals surface area (Å²) in [6, 6.07) is 11.9. The summed E-state index contributed by atoms with van der Waals surface area (Å²) in [5.41, 5.74) is -4.60. The molecule has 2 amide bonds. The van der Waals surface area contributed by atoms with Crippen molar-refractivity contribution >= 4 is 57.1 Å². The van der Waals surface area contributed by atoms with Crippen LogP contribution < -0.4 is 31.4 Å². The highest BCUT2D eigenvalue weighted by Gasteiger charge is 2.55. The molecule has 7 heterocycles. The first-order valence-electron chi connectivity index (χ1n) is 25.0. The van der Waals surface area contributed by atoms with Gasteiger partial charge in [-0.1, -0.05) is 0 Å². The highest BCUT2D eigenvalue weighted by Crippen LogP contribution is 2.41. The Kier molecular flexibility index (Phi) is 15.0. The molecular formula is C55H59N5O20. The Balaban J connectivity index is 0.890. The first-order valence-corrected chi connectivity index (χ1v) is 25.0. The molecule has 9 rings (SSSR count). The van der Waals surface area contributed by atoms with Gasteiger partial charge in [0, 0.05) is 42.9 Å². The lowest BCUT2D eigenvalue weighted by Gasteiger charge is -2.47. The number of aryl methyl sites for hydroxylation is 4. The van der Waals surface area contributed by atoms with E-state index < -0.39 is 118 Å². The molecule has 25 heteroatoms. The van der Waals surface area contributed by atoms with Crippen LogP contribution in [0.2, 0.25) is 0 Å². The van der Waals surface area contributed by atoms with Crippen LogP contribution in [0.25, 0.3) is 21.9 Å². The third-order valence-corrected chi connectivity index (χ3v) is 14.2. The standard InChI is InChI=1S/C55H59N5O20/c1-21-12-16-29(57-21)48(67)77-42-38(63)52(79-54(6,7)44(42)71-10)73-31-18-14-26-36(61)34(50(69)75-40(26)24(31)4)59-46(65)28-20-56-33(23(28)3)47(66)60-35-37(62)27-15-19-32(25(5)41(27)76-51(35)70)74-53-39(64)43(45(72-11)55(8,9)80-53)78-49(68)30-17-13-22(2)58-30/h12-20,38-39,42-45,52-53,56-58,61-64H,1-11H3,(H,59,65)(H,60,66)/t38-,39-,42+,43+,44-,45-,52+,53+/m0/s1. The highest BCUT2D eigenvalue weighted by atomic mass is 16.7. The fourth-order valence-corrected chi connectivity index (χ4v) is 10.0. The summed E-state index contributed by atoms with van der Waals surface area (Å²) in [5.74, 6) is -4.71. The van der Waals surface area contributed by atoms with E-state index in [0.717, 1.165) is 6.20 Å². The van der Waals surface area contributed by atoms with E-state index in [1.165, 1.54) is 71.4 Å². The number of fused-ring (bicyclic) bond motifs is 2. The number of carbonyl (C=O) groups is 4. The number of aliphatic hydroxyl groups is 2. The lowest BCUT2D eigenvalue weighted by atomic mass is 9.89. The fraction of sp³-hybridized carbons (Fsp3) is 0.382. The van der Waals surface area contributed by atoms with Gasteiger partial charge < -0.3 is 92.7 Å². The minimum atomic E-state index is -1.59. The van der Waals surface area contributed by atoms with Crippen LogP contribution in [0.4, 0.5) is 11.4 Å². The summed E-state index contributed by atoms with van der Waals surface area (Å²) in [6.45, 7) is 14.6. The molecule has 9 N–H and O–H groups in total. The number of aliphatic hydroxyl groups excluding tert-OH is 2. The van der Waals surface area contributed by atoms with E-state index in [2.05, 4.69) is 25.6 Å². The van der Waals surface area contributed by atoms with Crippen molar-refractivity contribution in [3.05, 3.63) is 126 Å². The first-order chi connectivity index (χ1) is 37.7. The van der Waals surface area contributed by atoms with Gasteiger partial charge in [-0.25, -0.2) is 19.2 Å². The zero-order valence-corrected chi connectivity index (χ0v) is 45.1. The van der Waals surface area contributed by atoms with E-state index in [1.54, 1.807) is 53.7 Å². The molecule has 2 saturated heterocycles. The van der Waals surface area contributed by atoms with Gasteiger partial charge >= 0.3 is 23.2 Å². The van der Waals surface area contributed by atoms with Gasteiger partial charge in [0.25, 0.3) is 11.8 Å². The summed E-state index contributed by atoms with van der Waals surface area (Å²) in [4.78, 5) is 89.0. The maximum absolute atomic E-state index is 13.7. The summed E-state index contributed by atoms with van der Waals surface area (Å²) >= 11 is 0. The monoisotopic (exact) mass is 1110 g/mol. The van der Waals surface area contributed by atoms with Crippen LogP contribution in [0, 0.1) is 34.6 Å². The molecule has 0 unspecified atom stereocenters. The molecule has 25 nitrogen and oxygen atoms in total. The predicted molar refractivity (Wildman–Crippen MR) is 281 cm³/mol. The number of H-pyrrole nitrogens is 3. The van der Waals surface area contributed by atoms with Gasteiger partial charge in [-0.05, 0) is 116 Å². The van der Waals surface area contributed by atoms with Crippen LogP contribution in [-0.2, 0) is 28.4 Å². The van der Waals surface area contributed by atoms with E-state index in [4.69, 9.17) is 46.7 Å². The molecule has 2 aliphatic rings. The third-order valence-electron chi connectivity index (χ3n) is 14.2. The summed E-state index contributed by atoms with van der Waals surface area (Å²) in [5, 5.41) is 50.4. The molecule has 0 radical (unpaired) electrons. The number of aromatic nitrogens is 3. The van der Waals surface area contributed by atoms with Gasteiger partial charge in [-0.3, -0.25) is 9.59 Å². The van der Waals surface area contributed by atoms with Gasteiger partial charge in [0.2, 0.25) is 12.6 Å². The molecule has 0 bridgehead atoms. The van der Waals surface area contributed by atoms with Crippen LogP contribution in [0.1, 0.15) is 97.6 Å². The Bertz CT molecular complexity index is 3480. The second-order valence-corrected chi connectivity index (χ2v) is 20.5. The molecule has 0 saturated carbocycles. The predicted octanol–water partition coefficient (Wildman–Crippen LogP) is 5.57.